The van der Waals surface area contributed by atoms with Gasteiger partial charge in [0.05, 0.1) is 6.54 Å². The van der Waals surface area contributed by atoms with Gasteiger partial charge in [0.2, 0.25) is 0 Å². The maximum atomic E-state index is 10.2. The van der Waals surface area contributed by atoms with Crippen LogP contribution in [-0.4, -0.2) is 35.2 Å². The number of nitrogens with one attached hydrogen (secondary N) is 1. The minimum absolute atomic E-state index is 0.103. The lowest BCUT2D eigenvalue weighted by Gasteiger charge is -2.09. The number of thioether (sulfide) groups is 1. The molecule has 0 aromatic heterocycles. The van der Waals surface area contributed by atoms with Gasteiger partial charge in [0.1, 0.15) is 0 Å². The molecular weight excluding hydrogens is 174 g/mol. The minimum Gasteiger partial charge on any atom is -0.480 e. The van der Waals surface area contributed by atoms with E-state index in [-0.39, 0.29) is 6.54 Å². The quantitative estimate of drug-likeness (QED) is 0.691. The summed E-state index contributed by atoms with van der Waals surface area (Å²) < 4.78 is 0. The average Bonchev–Trinajstić information content (AvgIpc) is 2.48. The summed E-state index contributed by atoms with van der Waals surface area (Å²) in [5.74, 6) is -0.761. The molecule has 2 atom stereocenters. The molecule has 70 valence electrons. The maximum absolute atomic E-state index is 10.2. The molecule has 1 aliphatic carbocycles. The Morgan fingerprint density at radius 1 is 1.67 bits per heavy atom. The Kier molecular flexibility index (Phi) is 3.88. The van der Waals surface area contributed by atoms with Crippen LogP contribution in [0.25, 0.3) is 0 Å². The molecule has 0 aromatic carbocycles. The van der Waals surface area contributed by atoms with Gasteiger partial charge < -0.3 is 10.4 Å². The minimum atomic E-state index is -0.761. The summed E-state index contributed by atoms with van der Waals surface area (Å²) in [4.78, 5) is 10.2. The van der Waals surface area contributed by atoms with Crippen molar-refractivity contribution in [2.24, 2.45) is 0 Å². The Labute approximate surface area is 76.9 Å². The molecule has 1 aliphatic rings. The lowest BCUT2D eigenvalue weighted by molar-refractivity contribution is -0.136. The van der Waals surface area contributed by atoms with Crippen molar-refractivity contribution < 1.29 is 9.90 Å². The van der Waals surface area contributed by atoms with E-state index >= 15 is 0 Å². The first kappa shape index (κ1) is 9.86. The molecule has 1 fully saturated rings. The van der Waals surface area contributed by atoms with Crippen LogP contribution in [-0.2, 0) is 4.79 Å². The number of carbonyl (C=O) groups is 1. The van der Waals surface area contributed by atoms with Crippen molar-refractivity contribution in [3.8, 4) is 0 Å². The zero-order valence-electron chi connectivity index (χ0n) is 7.25. The summed E-state index contributed by atoms with van der Waals surface area (Å²) in [6.45, 7) is 0.103. The zero-order valence-corrected chi connectivity index (χ0v) is 8.06. The van der Waals surface area contributed by atoms with E-state index in [0.29, 0.717) is 6.04 Å². The maximum Gasteiger partial charge on any atom is 0.317 e. The third-order valence-corrected chi connectivity index (χ3v) is 3.35. The van der Waals surface area contributed by atoms with Gasteiger partial charge in [0, 0.05) is 11.3 Å². The van der Waals surface area contributed by atoms with E-state index in [1.165, 1.54) is 6.42 Å². The number of rotatable bonds is 4. The van der Waals surface area contributed by atoms with E-state index in [1.807, 2.05) is 11.8 Å². The molecule has 2 N–H and O–H groups in total. The van der Waals surface area contributed by atoms with Crippen molar-refractivity contribution in [3.05, 3.63) is 0 Å². The molecule has 3 nitrogen and oxygen atoms in total. The van der Waals surface area contributed by atoms with Crippen molar-refractivity contribution in [1.82, 2.24) is 5.32 Å². The van der Waals surface area contributed by atoms with Gasteiger partial charge >= 0.3 is 5.97 Å². The summed E-state index contributed by atoms with van der Waals surface area (Å²) in [6, 6.07) is 0.429. The van der Waals surface area contributed by atoms with E-state index in [4.69, 9.17) is 5.11 Å². The molecule has 2 unspecified atom stereocenters. The number of carboxylic acids is 1. The normalized spacial score (nSPS) is 29.1. The van der Waals surface area contributed by atoms with Gasteiger partial charge in [-0.15, -0.1) is 0 Å². The Hall–Kier alpha value is -0.220. The van der Waals surface area contributed by atoms with Crippen LogP contribution in [0.3, 0.4) is 0 Å². The fourth-order valence-electron chi connectivity index (χ4n) is 1.57. The average molecular weight is 189 g/mol. The Morgan fingerprint density at radius 2 is 2.42 bits per heavy atom. The Morgan fingerprint density at radius 3 is 2.92 bits per heavy atom. The number of hydrogen-bond acceptors (Lipinski definition) is 3. The van der Waals surface area contributed by atoms with Crippen LogP contribution in [0.2, 0.25) is 0 Å². The molecule has 0 saturated heterocycles. The van der Waals surface area contributed by atoms with Gasteiger partial charge in [-0.2, -0.15) is 11.8 Å². The second kappa shape index (κ2) is 4.72. The molecule has 0 aromatic rings. The van der Waals surface area contributed by atoms with Gasteiger partial charge in [-0.1, -0.05) is 0 Å². The van der Waals surface area contributed by atoms with Crippen molar-refractivity contribution >= 4 is 17.7 Å². The van der Waals surface area contributed by atoms with Gasteiger partial charge in [-0.3, -0.25) is 4.79 Å². The van der Waals surface area contributed by atoms with Gasteiger partial charge in [-0.05, 0) is 25.5 Å². The molecule has 0 aliphatic heterocycles. The first-order chi connectivity index (χ1) is 5.72. The standard InChI is InChI=1S/C8H15NO2S/c1-12-7-3-2-6(4-7)9-5-8(10)11/h6-7,9H,2-5H2,1H3,(H,10,11). The molecule has 0 radical (unpaired) electrons. The second-order valence-corrected chi connectivity index (χ2v) is 4.28. The Bertz CT molecular complexity index is 163. The smallest absolute Gasteiger partial charge is 0.317 e. The van der Waals surface area contributed by atoms with Crippen LogP contribution in [0.15, 0.2) is 0 Å². The monoisotopic (exact) mass is 189 g/mol. The molecular formula is C8H15NO2S. The number of aliphatic carboxylic acids is 1. The first-order valence-electron chi connectivity index (χ1n) is 4.20. The van der Waals surface area contributed by atoms with Crippen LogP contribution < -0.4 is 5.32 Å². The highest BCUT2D eigenvalue weighted by Crippen LogP contribution is 2.27. The molecule has 0 spiro atoms. The summed E-state index contributed by atoms with van der Waals surface area (Å²) in [5, 5.41) is 12.2. The molecule has 12 heavy (non-hydrogen) atoms. The largest absolute Gasteiger partial charge is 0.480 e. The van der Waals surface area contributed by atoms with Crippen molar-refractivity contribution in [2.75, 3.05) is 12.8 Å². The van der Waals surface area contributed by atoms with Gasteiger partial charge in [0.25, 0.3) is 0 Å². The summed E-state index contributed by atoms with van der Waals surface area (Å²) in [6.07, 6.45) is 5.58. The SMILES string of the molecule is CSC1CCC(NCC(=O)O)C1. The topological polar surface area (TPSA) is 49.3 Å². The van der Waals surface area contributed by atoms with Gasteiger partial charge in [0.15, 0.2) is 0 Å². The van der Waals surface area contributed by atoms with Crippen molar-refractivity contribution in [2.45, 2.75) is 30.6 Å². The Balaban J connectivity index is 2.15. The van der Waals surface area contributed by atoms with E-state index in [9.17, 15) is 4.79 Å². The fraction of sp³-hybridized carbons (Fsp3) is 0.875. The highest BCUT2D eigenvalue weighted by molar-refractivity contribution is 7.99. The molecule has 0 bridgehead atoms. The van der Waals surface area contributed by atoms with Crippen LogP contribution in [0.5, 0.6) is 0 Å². The lowest BCUT2D eigenvalue weighted by Crippen LogP contribution is -2.31. The number of hydrogen-bond donors (Lipinski definition) is 2. The van der Waals surface area contributed by atoms with E-state index in [0.717, 1.165) is 18.1 Å². The first-order valence-corrected chi connectivity index (χ1v) is 5.49. The molecule has 1 rings (SSSR count). The second-order valence-electron chi connectivity index (χ2n) is 3.14. The van der Waals surface area contributed by atoms with Crippen molar-refractivity contribution in [3.63, 3.8) is 0 Å². The highest BCUT2D eigenvalue weighted by atomic mass is 32.2. The summed E-state index contributed by atoms with van der Waals surface area (Å²) >= 11 is 1.88. The summed E-state index contributed by atoms with van der Waals surface area (Å²) in [7, 11) is 0. The molecule has 0 heterocycles. The zero-order chi connectivity index (χ0) is 8.97. The third-order valence-electron chi connectivity index (χ3n) is 2.26. The molecule has 4 heteroatoms. The van der Waals surface area contributed by atoms with Crippen molar-refractivity contribution in [1.29, 1.82) is 0 Å². The van der Waals surface area contributed by atoms with Crippen LogP contribution >= 0.6 is 11.8 Å². The molecule has 1 saturated carbocycles. The highest BCUT2D eigenvalue weighted by Gasteiger charge is 2.23. The third kappa shape index (κ3) is 3.03. The summed E-state index contributed by atoms with van der Waals surface area (Å²) in [5.41, 5.74) is 0. The van der Waals surface area contributed by atoms with E-state index in [2.05, 4.69) is 11.6 Å². The van der Waals surface area contributed by atoms with Gasteiger partial charge in [-0.25, -0.2) is 0 Å². The van der Waals surface area contributed by atoms with Crippen LogP contribution in [0.4, 0.5) is 0 Å². The predicted octanol–water partition coefficient (Wildman–Crippen LogP) is 0.945. The van der Waals surface area contributed by atoms with Crippen LogP contribution in [0, 0.1) is 0 Å². The van der Waals surface area contributed by atoms with E-state index < -0.39 is 5.97 Å². The molecule has 0 amide bonds. The number of carboxylic acid groups (broad SMARTS) is 1. The van der Waals surface area contributed by atoms with Crippen LogP contribution in [0.1, 0.15) is 19.3 Å². The lowest BCUT2D eigenvalue weighted by atomic mass is 10.2. The fourth-order valence-corrected chi connectivity index (χ4v) is 2.37. The van der Waals surface area contributed by atoms with E-state index in [1.54, 1.807) is 0 Å². The predicted molar refractivity (Wildman–Crippen MR) is 50.6 cm³/mol.